The van der Waals surface area contributed by atoms with Crippen LogP contribution >= 0.6 is 0 Å². The van der Waals surface area contributed by atoms with E-state index in [-0.39, 0.29) is 5.56 Å². The van der Waals surface area contributed by atoms with Crippen LogP contribution in [0, 0.1) is 0 Å². The predicted molar refractivity (Wildman–Crippen MR) is 83.2 cm³/mol. The van der Waals surface area contributed by atoms with E-state index >= 15 is 0 Å². The molecule has 0 aromatic heterocycles. The van der Waals surface area contributed by atoms with Gasteiger partial charge in [-0.3, -0.25) is 0 Å². The lowest BCUT2D eigenvalue weighted by molar-refractivity contribution is 0.0692. The lowest BCUT2D eigenvalue weighted by atomic mass is 10.2. The minimum Gasteiger partial charge on any atom is -0.491 e. The summed E-state index contributed by atoms with van der Waals surface area (Å²) in [6.07, 6.45) is 0. The van der Waals surface area contributed by atoms with Crippen LogP contribution in [-0.2, 0) is 0 Å². The highest BCUT2D eigenvalue weighted by molar-refractivity contribution is 5.90. The predicted octanol–water partition coefficient (Wildman–Crippen LogP) is 3.29. The molecule has 4 nitrogen and oxygen atoms in total. The normalized spacial score (nSPS) is 10.1. The lowest BCUT2D eigenvalue weighted by Crippen LogP contribution is -2.28. The molecule has 0 aliphatic heterocycles. The van der Waals surface area contributed by atoms with Gasteiger partial charge in [-0.25, -0.2) is 4.79 Å². The van der Waals surface area contributed by atoms with Gasteiger partial charge in [0.1, 0.15) is 17.9 Å². The van der Waals surface area contributed by atoms with Gasteiger partial charge in [0.2, 0.25) is 0 Å². The van der Waals surface area contributed by atoms with Crippen LogP contribution in [0.4, 0.5) is 5.69 Å². The van der Waals surface area contributed by atoms with Crippen molar-refractivity contribution in [1.82, 2.24) is 0 Å². The molecule has 4 heteroatoms. The van der Waals surface area contributed by atoms with E-state index in [1.165, 1.54) is 0 Å². The Morgan fingerprint density at radius 2 is 1.76 bits per heavy atom. The Bertz CT molecular complexity index is 584. The standard InChI is InChI=1S/C17H19NO3/c1-2-18(14-8-4-3-5-9-14)12-13-21-16-11-7-6-10-15(16)17(19)20/h3-11H,2,12-13H2,1H3,(H,19,20). The molecule has 0 fully saturated rings. The summed E-state index contributed by atoms with van der Waals surface area (Å²) in [4.78, 5) is 13.3. The van der Waals surface area contributed by atoms with Gasteiger partial charge in [-0.2, -0.15) is 0 Å². The van der Waals surface area contributed by atoms with Crippen molar-refractivity contribution in [3.63, 3.8) is 0 Å². The third kappa shape index (κ3) is 3.99. The van der Waals surface area contributed by atoms with Gasteiger partial charge in [0, 0.05) is 12.2 Å². The summed E-state index contributed by atoms with van der Waals surface area (Å²) in [5.41, 5.74) is 1.33. The third-order valence-corrected chi connectivity index (χ3v) is 3.24. The Labute approximate surface area is 124 Å². The van der Waals surface area contributed by atoms with Crippen molar-refractivity contribution in [2.24, 2.45) is 0 Å². The first-order chi connectivity index (χ1) is 10.2. The number of likely N-dealkylation sites (N-methyl/N-ethyl adjacent to an activating group) is 1. The van der Waals surface area contributed by atoms with E-state index in [4.69, 9.17) is 9.84 Å². The van der Waals surface area contributed by atoms with Crippen LogP contribution in [-0.4, -0.2) is 30.8 Å². The van der Waals surface area contributed by atoms with Crippen LogP contribution < -0.4 is 9.64 Å². The van der Waals surface area contributed by atoms with Crippen molar-refractivity contribution in [2.45, 2.75) is 6.92 Å². The molecule has 0 radical (unpaired) electrons. The highest BCUT2D eigenvalue weighted by atomic mass is 16.5. The fraction of sp³-hybridized carbons (Fsp3) is 0.235. The minimum absolute atomic E-state index is 0.195. The summed E-state index contributed by atoms with van der Waals surface area (Å²) in [6, 6.07) is 16.8. The number of carboxylic acid groups (broad SMARTS) is 1. The van der Waals surface area contributed by atoms with Crippen LogP contribution in [0.25, 0.3) is 0 Å². The fourth-order valence-corrected chi connectivity index (χ4v) is 2.14. The second-order valence-electron chi connectivity index (χ2n) is 4.56. The van der Waals surface area contributed by atoms with Crippen molar-refractivity contribution < 1.29 is 14.6 Å². The summed E-state index contributed by atoms with van der Waals surface area (Å²) >= 11 is 0. The van der Waals surface area contributed by atoms with Gasteiger partial charge in [-0.05, 0) is 31.2 Å². The molecule has 21 heavy (non-hydrogen) atoms. The molecule has 0 saturated carbocycles. The second kappa shape index (κ2) is 7.33. The van der Waals surface area contributed by atoms with Gasteiger partial charge in [-0.1, -0.05) is 30.3 Å². The molecule has 110 valence electrons. The molecule has 0 saturated heterocycles. The van der Waals surface area contributed by atoms with Crippen LogP contribution in [0.5, 0.6) is 5.75 Å². The number of nitrogens with zero attached hydrogens (tertiary/aromatic N) is 1. The van der Waals surface area contributed by atoms with E-state index in [1.807, 2.05) is 18.2 Å². The molecule has 0 bridgehead atoms. The molecule has 2 rings (SSSR count). The zero-order chi connectivity index (χ0) is 15.1. The van der Waals surface area contributed by atoms with Crippen molar-refractivity contribution in [3.05, 3.63) is 60.2 Å². The van der Waals surface area contributed by atoms with Crippen LogP contribution in [0.2, 0.25) is 0 Å². The molecule has 2 aromatic carbocycles. The first-order valence-corrected chi connectivity index (χ1v) is 6.97. The highest BCUT2D eigenvalue weighted by Crippen LogP contribution is 2.18. The van der Waals surface area contributed by atoms with Gasteiger partial charge in [0.25, 0.3) is 0 Å². The Morgan fingerprint density at radius 3 is 2.43 bits per heavy atom. The molecule has 0 aliphatic carbocycles. The van der Waals surface area contributed by atoms with E-state index in [0.29, 0.717) is 18.9 Å². The zero-order valence-corrected chi connectivity index (χ0v) is 12.0. The molecular formula is C17H19NO3. The Kier molecular flexibility index (Phi) is 5.21. The van der Waals surface area contributed by atoms with Crippen LogP contribution in [0.1, 0.15) is 17.3 Å². The number of para-hydroxylation sites is 2. The molecule has 1 N–H and O–H groups in total. The second-order valence-corrected chi connectivity index (χ2v) is 4.56. The largest absolute Gasteiger partial charge is 0.491 e. The monoisotopic (exact) mass is 285 g/mol. The molecule has 0 atom stereocenters. The number of benzene rings is 2. The maximum Gasteiger partial charge on any atom is 0.339 e. The minimum atomic E-state index is -0.971. The summed E-state index contributed by atoms with van der Waals surface area (Å²) in [6.45, 7) is 4.09. The van der Waals surface area contributed by atoms with Gasteiger partial charge in [0.05, 0.1) is 6.54 Å². The number of hydrogen-bond donors (Lipinski definition) is 1. The number of hydrogen-bond acceptors (Lipinski definition) is 3. The van der Waals surface area contributed by atoms with E-state index in [0.717, 1.165) is 12.2 Å². The Morgan fingerprint density at radius 1 is 1.10 bits per heavy atom. The fourth-order valence-electron chi connectivity index (χ4n) is 2.14. The maximum atomic E-state index is 11.1. The number of carboxylic acids is 1. The first kappa shape index (κ1) is 14.9. The van der Waals surface area contributed by atoms with E-state index in [1.54, 1.807) is 24.3 Å². The summed E-state index contributed by atoms with van der Waals surface area (Å²) < 4.78 is 5.63. The van der Waals surface area contributed by atoms with E-state index in [2.05, 4.69) is 24.0 Å². The average molecular weight is 285 g/mol. The van der Waals surface area contributed by atoms with E-state index < -0.39 is 5.97 Å². The zero-order valence-electron chi connectivity index (χ0n) is 12.0. The quantitative estimate of drug-likeness (QED) is 0.848. The number of anilines is 1. The number of ether oxygens (including phenoxy) is 1. The van der Waals surface area contributed by atoms with Gasteiger partial charge >= 0.3 is 5.97 Å². The van der Waals surface area contributed by atoms with Gasteiger partial charge in [0.15, 0.2) is 0 Å². The Hall–Kier alpha value is -2.49. The Balaban J connectivity index is 1.96. The maximum absolute atomic E-state index is 11.1. The molecule has 0 heterocycles. The number of carbonyl (C=O) groups is 1. The topological polar surface area (TPSA) is 49.8 Å². The van der Waals surface area contributed by atoms with Crippen molar-refractivity contribution in [2.75, 3.05) is 24.6 Å². The molecular weight excluding hydrogens is 266 g/mol. The van der Waals surface area contributed by atoms with Gasteiger partial charge < -0.3 is 14.7 Å². The molecule has 0 amide bonds. The molecule has 0 spiro atoms. The molecule has 0 unspecified atom stereocenters. The highest BCUT2D eigenvalue weighted by Gasteiger charge is 2.10. The van der Waals surface area contributed by atoms with Crippen molar-refractivity contribution >= 4 is 11.7 Å². The molecule has 0 aliphatic rings. The SMILES string of the molecule is CCN(CCOc1ccccc1C(=O)O)c1ccccc1. The van der Waals surface area contributed by atoms with E-state index in [9.17, 15) is 4.79 Å². The number of rotatable bonds is 7. The number of aromatic carboxylic acids is 1. The smallest absolute Gasteiger partial charge is 0.339 e. The van der Waals surface area contributed by atoms with Crippen molar-refractivity contribution in [3.8, 4) is 5.75 Å². The average Bonchev–Trinajstić information content (AvgIpc) is 2.52. The van der Waals surface area contributed by atoms with Gasteiger partial charge in [-0.15, -0.1) is 0 Å². The summed E-state index contributed by atoms with van der Waals surface area (Å²) in [5.74, 6) is -0.560. The summed E-state index contributed by atoms with van der Waals surface area (Å²) in [7, 11) is 0. The third-order valence-electron chi connectivity index (χ3n) is 3.24. The van der Waals surface area contributed by atoms with Crippen molar-refractivity contribution in [1.29, 1.82) is 0 Å². The van der Waals surface area contributed by atoms with Crippen LogP contribution in [0.3, 0.4) is 0 Å². The first-order valence-electron chi connectivity index (χ1n) is 6.97. The van der Waals surface area contributed by atoms with Crippen LogP contribution in [0.15, 0.2) is 54.6 Å². The lowest BCUT2D eigenvalue weighted by Gasteiger charge is -2.23. The summed E-state index contributed by atoms with van der Waals surface area (Å²) in [5, 5.41) is 9.11. The molecule has 2 aromatic rings.